The maximum Gasteiger partial charge on any atom is 0.264 e. The van der Waals surface area contributed by atoms with Crippen molar-refractivity contribution in [1.29, 1.82) is 0 Å². The summed E-state index contributed by atoms with van der Waals surface area (Å²) in [5.41, 5.74) is 0.373. The van der Waals surface area contributed by atoms with Crippen LogP contribution in [0.3, 0.4) is 0 Å². The monoisotopic (exact) mass is 385 g/mol. The normalized spacial score (nSPS) is 22.9. The number of hydrogen-bond acceptors (Lipinski definition) is 4. The lowest BCUT2D eigenvalue weighted by Gasteiger charge is -2.29. The van der Waals surface area contributed by atoms with Crippen molar-refractivity contribution < 1.29 is 9.90 Å². The zero-order valence-corrected chi connectivity index (χ0v) is 16.0. The van der Waals surface area contributed by atoms with E-state index >= 15 is 0 Å². The molecule has 2 aromatic rings. The third-order valence-electron chi connectivity index (χ3n) is 5.55. The predicted octanol–water partition coefficient (Wildman–Crippen LogP) is 3.00. The van der Waals surface area contributed by atoms with Gasteiger partial charge in [-0.2, -0.15) is 0 Å². The first kappa shape index (κ1) is 18.4. The highest BCUT2D eigenvalue weighted by molar-refractivity contribution is 6.31. The minimum absolute atomic E-state index is 0.139. The van der Waals surface area contributed by atoms with Crippen LogP contribution in [0.1, 0.15) is 30.5 Å². The van der Waals surface area contributed by atoms with Crippen molar-refractivity contribution in [3.8, 4) is 0 Å². The maximum atomic E-state index is 13.3. The van der Waals surface area contributed by atoms with Crippen LogP contribution in [0, 0.1) is 0 Å². The Bertz CT molecular complexity index is 823. The van der Waals surface area contributed by atoms with Crippen LogP contribution in [0.4, 0.5) is 5.69 Å². The number of pyridine rings is 1. The number of aromatic nitrogens is 1. The number of carbonyl (C=O) groups excluding carboxylic acids is 1. The summed E-state index contributed by atoms with van der Waals surface area (Å²) in [5.74, 6) is -0.289. The van der Waals surface area contributed by atoms with Gasteiger partial charge >= 0.3 is 0 Å². The van der Waals surface area contributed by atoms with Crippen molar-refractivity contribution in [2.24, 2.45) is 0 Å². The van der Waals surface area contributed by atoms with Crippen molar-refractivity contribution in [3.63, 3.8) is 0 Å². The van der Waals surface area contributed by atoms with Crippen molar-refractivity contribution in [1.82, 2.24) is 9.88 Å². The average molecular weight is 386 g/mol. The van der Waals surface area contributed by atoms with E-state index in [1.54, 1.807) is 23.2 Å². The van der Waals surface area contributed by atoms with Crippen LogP contribution in [0.15, 0.2) is 42.6 Å². The van der Waals surface area contributed by atoms with E-state index in [9.17, 15) is 9.90 Å². The lowest BCUT2D eigenvalue weighted by atomic mass is 9.90. The molecule has 27 heavy (non-hydrogen) atoms. The van der Waals surface area contributed by atoms with Gasteiger partial charge in [0.05, 0.1) is 5.69 Å². The van der Waals surface area contributed by atoms with Crippen molar-refractivity contribution in [2.45, 2.75) is 31.3 Å². The van der Waals surface area contributed by atoms with Gasteiger partial charge in [0.2, 0.25) is 0 Å². The number of halogens is 1. The van der Waals surface area contributed by atoms with Gasteiger partial charge in [-0.1, -0.05) is 24.1 Å². The smallest absolute Gasteiger partial charge is 0.264 e. The Balaban J connectivity index is 1.61. The lowest BCUT2D eigenvalue weighted by Crippen LogP contribution is -2.45. The molecule has 6 heteroatoms. The molecular weight excluding hydrogens is 362 g/mol. The number of anilines is 1. The predicted molar refractivity (Wildman–Crippen MR) is 106 cm³/mol. The second-order valence-electron chi connectivity index (χ2n) is 7.38. The van der Waals surface area contributed by atoms with E-state index in [-0.39, 0.29) is 12.3 Å². The molecular formula is C21H24ClN3O2. The fourth-order valence-electron chi connectivity index (χ4n) is 4.10. The summed E-state index contributed by atoms with van der Waals surface area (Å²) in [7, 11) is 0. The molecule has 0 saturated carbocycles. The number of fused-ring (bicyclic) bond motifs is 1. The second kappa shape index (κ2) is 7.58. The minimum atomic E-state index is -1.63. The Kier molecular flexibility index (Phi) is 5.17. The molecule has 1 amide bonds. The fourth-order valence-corrected chi connectivity index (χ4v) is 4.28. The standard InChI is InChI=1S/C21H24ClN3O2/c22-16-7-8-19-18(14-16)21(27,15-17-6-2-3-9-23-17)20(26)25(19)13-12-24-10-4-1-5-11-24/h2-3,6-9,14,27H,1,4-5,10-13,15H2. The SMILES string of the molecule is O=C1N(CCN2CCCCC2)c2ccc(Cl)cc2C1(O)Cc1ccccn1. The zero-order chi connectivity index (χ0) is 18.9. The Morgan fingerprint density at radius 3 is 2.67 bits per heavy atom. The van der Waals surface area contributed by atoms with Crippen LogP contribution in [-0.4, -0.2) is 47.1 Å². The minimum Gasteiger partial charge on any atom is -0.375 e. The number of benzene rings is 1. The Labute approximate surface area is 164 Å². The summed E-state index contributed by atoms with van der Waals surface area (Å²) in [4.78, 5) is 21.7. The first-order valence-corrected chi connectivity index (χ1v) is 9.92. The third-order valence-corrected chi connectivity index (χ3v) is 5.78. The van der Waals surface area contributed by atoms with Gasteiger partial charge in [-0.3, -0.25) is 9.78 Å². The first-order valence-electron chi connectivity index (χ1n) is 9.54. The highest BCUT2D eigenvalue weighted by Gasteiger charge is 2.50. The summed E-state index contributed by atoms with van der Waals surface area (Å²) in [6, 6.07) is 10.8. The maximum absolute atomic E-state index is 13.3. The van der Waals surface area contributed by atoms with Gasteiger partial charge in [-0.15, -0.1) is 0 Å². The lowest BCUT2D eigenvalue weighted by molar-refractivity contribution is -0.136. The molecule has 4 rings (SSSR count). The highest BCUT2D eigenvalue weighted by Crippen LogP contribution is 2.43. The molecule has 1 fully saturated rings. The number of rotatable bonds is 5. The molecule has 0 bridgehead atoms. The molecule has 1 aromatic heterocycles. The largest absolute Gasteiger partial charge is 0.375 e. The number of aliphatic hydroxyl groups is 1. The van der Waals surface area contributed by atoms with E-state index in [1.165, 1.54) is 19.3 Å². The number of carbonyl (C=O) groups is 1. The molecule has 1 atom stereocenters. The molecule has 142 valence electrons. The van der Waals surface area contributed by atoms with Gasteiger partial charge < -0.3 is 14.9 Å². The second-order valence-corrected chi connectivity index (χ2v) is 7.82. The number of amides is 1. The van der Waals surface area contributed by atoms with Crippen molar-refractivity contribution in [2.75, 3.05) is 31.1 Å². The quantitative estimate of drug-likeness (QED) is 0.859. The zero-order valence-electron chi connectivity index (χ0n) is 15.3. The van der Waals surface area contributed by atoms with Gasteiger partial charge in [0.1, 0.15) is 0 Å². The van der Waals surface area contributed by atoms with E-state index in [0.717, 1.165) is 25.3 Å². The van der Waals surface area contributed by atoms with Crippen LogP contribution < -0.4 is 4.90 Å². The molecule has 3 heterocycles. The fraction of sp³-hybridized carbons (Fsp3) is 0.429. The number of piperidine rings is 1. The molecule has 0 radical (unpaired) electrons. The van der Waals surface area contributed by atoms with E-state index in [4.69, 9.17) is 11.6 Å². The molecule has 0 spiro atoms. The average Bonchev–Trinajstić information content (AvgIpc) is 2.89. The van der Waals surface area contributed by atoms with E-state index in [1.807, 2.05) is 24.3 Å². The van der Waals surface area contributed by atoms with Gasteiger partial charge in [-0.05, 0) is 56.3 Å². The number of likely N-dealkylation sites (tertiary alicyclic amines) is 1. The Hall–Kier alpha value is -1.95. The summed E-state index contributed by atoms with van der Waals surface area (Å²) in [5, 5.41) is 11.9. The van der Waals surface area contributed by atoms with E-state index in [0.29, 0.717) is 22.8 Å². The van der Waals surface area contributed by atoms with Crippen molar-refractivity contribution in [3.05, 3.63) is 58.9 Å². The summed E-state index contributed by atoms with van der Waals surface area (Å²) < 4.78 is 0. The Morgan fingerprint density at radius 2 is 1.93 bits per heavy atom. The van der Waals surface area contributed by atoms with E-state index < -0.39 is 5.60 Å². The molecule has 5 nitrogen and oxygen atoms in total. The van der Waals surface area contributed by atoms with Gasteiger partial charge in [-0.25, -0.2) is 0 Å². The van der Waals surface area contributed by atoms with Crippen LogP contribution in [0.25, 0.3) is 0 Å². The third kappa shape index (κ3) is 3.59. The highest BCUT2D eigenvalue weighted by atomic mass is 35.5. The van der Waals surface area contributed by atoms with Crippen LogP contribution in [0.2, 0.25) is 5.02 Å². The molecule has 2 aliphatic heterocycles. The van der Waals surface area contributed by atoms with Crippen LogP contribution in [0.5, 0.6) is 0 Å². The summed E-state index contributed by atoms with van der Waals surface area (Å²) in [6.45, 7) is 3.53. The van der Waals surface area contributed by atoms with Crippen LogP contribution >= 0.6 is 11.6 Å². The van der Waals surface area contributed by atoms with E-state index in [2.05, 4.69) is 9.88 Å². The first-order chi connectivity index (χ1) is 13.1. The topological polar surface area (TPSA) is 56.7 Å². The molecule has 2 aliphatic rings. The van der Waals surface area contributed by atoms with Gasteiger partial charge in [0, 0.05) is 42.0 Å². The molecule has 1 saturated heterocycles. The molecule has 1 aromatic carbocycles. The molecule has 1 unspecified atom stereocenters. The molecule has 0 aliphatic carbocycles. The Morgan fingerprint density at radius 1 is 1.11 bits per heavy atom. The van der Waals surface area contributed by atoms with Crippen molar-refractivity contribution >= 4 is 23.2 Å². The number of hydrogen-bond donors (Lipinski definition) is 1. The molecule has 1 N–H and O–H groups in total. The van der Waals surface area contributed by atoms with Gasteiger partial charge in [0.25, 0.3) is 5.91 Å². The summed E-state index contributed by atoms with van der Waals surface area (Å²) in [6.07, 6.45) is 5.52. The summed E-state index contributed by atoms with van der Waals surface area (Å²) >= 11 is 6.18. The van der Waals surface area contributed by atoms with Crippen LogP contribution in [-0.2, 0) is 16.8 Å². The van der Waals surface area contributed by atoms with Gasteiger partial charge in [0.15, 0.2) is 5.60 Å². The number of nitrogens with zero attached hydrogens (tertiary/aromatic N) is 3.